The van der Waals surface area contributed by atoms with Crippen LogP contribution in [0.15, 0.2) is 46.0 Å². The first-order chi connectivity index (χ1) is 15.9. The minimum atomic E-state index is -0.280. The van der Waals surface area contributed by atoms with E-state index < -0.39 is 0 Å². The highest BCUT2D eigenvalue weighted by Crippen LogP contribution is 2.35. The van der Waals surface area contributed by atoms with Crippen molar-refractivity contribution in [1.29, 1.82) is 0 Å². The SMILES string of the molecule is Cc1c(C(=O)N2CCCCC2c2ncc(Cc3ccc(F)cc3)o2)sc2ncn(C)c(=O)c12. The van der Waals surface area contributed by atoms with Crippen molar-refractivity contribution in [3.8, 4) is 0 Å². The molecule has 1 fully saturated rings. The summed E-state index contributed by atoms with van der Waals surface area (Å²) in [4.78, 5) is 37.9. The smallest absolute Gasteiger partial charge is 0.264 e. The van der Waals surface area contributed by atoms with Crippen LogP contribution < -0.4 is 5.56 Å². The minimum Gasteiger partial charge on any atom is -0.443 e. The molecule has 33 heavy (non-hydrogen) atoms. The summed E-state index contributed by atoms with van der Waals surface area (Å²) < 4.78 is 20.6. The topological polar surface area (TPSA) is 81.2 Å². The number of carbonyl (C=O) groups excluding carboxylic acids is 1. The molecule has 1 saturated heterocycles. The largest absolute Gasteiger partial charge is 0.443 e. The first kappa shape index (κ1) is 21.5. The number of oxazole rings is 1. The fraction of sp³-hybridized carbons (Fsp3) is 0.333. The summed E-state index contributed by atoms with van der Waals surface area (Å²) in [5.74, 6) is 0.770. The maximum Gasteiger partial charge on any atom is 0.264 e. The van der Waals surface area contributed by atoms with E-state index >= 15 is 0 Å². The molecule has 1 aliphatic rings. The van der Waals surface area contributed by atoms with Gasteiger partial charge in [0.05, 0.1) is 22.8 Å². The van der Waals surface area contributed by atoms with Gasteiger partial charge in [-0.25, -0.2) is 14.4 Å². The lowest BCUT2D eigenvalue weighted by atomic mass is 10.0. The number of rotatable bonds is 4. The van der Waals surface area contributed by atoms with Gasteiger partial charge in [0.15, 0.2) is 0 Å². The number of likely N-dealkylation sites (tertiary alicyclic amines) is 1. The third kappa shape index (κ3) is 3.97. The van der Waals surface area contributed by atoms with Gasteiger partial charge < -0.3 is 13.9 Å². The van der Waals surface area contributed by atoms with Gasteiger partial charge in [-0.3, -0.25) is 9.59 Å². The van der Waals surface area contributed by atoms with E-state index in [2.05, 4.69) is 9.97 Å². The van der Waals surface area contributed by atoms with Gasteiger partial charge in [-0.15, -0.1) is 11.3 Å². The Balaban J connectivity index is 1.43. The van der Waals surface area contributed by atoms with Crippen LogP contribution in [0.25, 0.3) is 10.2 Å². The second-order valence-electron chi connectivity index (χ2n) is 8.38. The molecule has 5 rings (SSSR count). The Hall–Kier alpha value is -3.33. The van der Waals surface area contributed by atoms with Crippen LogP contribution >= 0.6 is 11.3 Å². The molecule has 0 radical (unpaired) electrons. The molecule has 0 N–H and O–H groups in total. The molecule has 0 bridgehead atoms. The number of halogens is 1. The quantitative estimate of drug-likeness (QED) is 0.446. The van der Waals surface area contributed by atoms with E-state index in [1.54, 1.807) is 37.2 Å². The molecule has 4 heterocycles. The van der Waals surface area contributed by atoms with Crippen molar-refractivity contribution >= 4 is 27.5 Å². The number of aryl methyl sites for hydroxylation is 2. The Kier molecular flexibility index (Phi) is 5.57. The standard InChI is InChI=1S/C24H23FN4O3S/c1-14-19-22(27-13-28(2)23(19)30)33-20(14)24(31)29-10-4-3-5-18(29)21-26-12-17(32-21)11-15-6-8-16(25)9-7-15/h6-9,12-13,18H,3-5,10-11H2,1-2H3. The zero-order valence-corrected chi connectivity index (χ0v) is 19.2. The number of hydrogen-bond acceptors (Lipinski definition) is 6. The average molecular weight is 467 g/mol. The van der Waals surface area contributed by atoms with E-state index in [0.29, 0.717) is 45.3 Å². The van der Waals surface area contributed by atoms with Gasteiger partial charge in [0.1, 0.15) is 22.4 Å². The Morgan fingerprint density at radius 2 is 2.03 bits per heavy atom. The van der Waals surface area contributed by atoms with Gasteiger partial charge in [0.25, 0.3) is 11.5 Å². The number of carbonyl (C=O) groups is 1. The van der Waals surface area contributed by atoms with Crippen LogP contribution in [0.2, 0.25) is 0 Å². The van der Waals surface area contributed by atoms with Crippen molar-refractivity contribution in [3.05, 3.63) is 80.6 Å². The molecule has 1 aromatic carbocycles. The highest BCUT2D eigenvalue weighted by Gasteiger charge is 2.34. The molecule has 0 saturated carbocycles. The van der Waals surface area contributed by atoms with E-state index in [9.17, 15) is 14.0 Å². The fourth-order valence-corrected chi connectivity index (χ4v) is 5.43. The van der Waals surface area contributed by atoms with E-state index in [1.165, 1.54) is 34.4 Å². The van der Waals surface area contributed by atoms with Crippen molar-refractivity contribution in [2.75, 3.05) is 6.54 Å². The Labute approximate surface area is 193 Å². The van der Waals surface area contributed by atoms with E-state index in [4.69, 9.17) is 4.42 Å². The number of benzene rings is 1. The van der Waals surface area contributed by atoms with Crippen molar-refractivity contribution in [3.63, 3.8) is 0 Å². The highest BCUT2D eigenvalue weighted by atomic mass is 32.1. The number of piperidine rings is 1. The van der Waals surface area contributed by atoms with E-state index in [-0.39, 0.29) is 23.3 Å². The van der Waals surface area contributed by atoms with Crippen LogP contribution in [0.4, 0.5) is 4.39 Å². The molecule has 1 atom stereocenters. The number of hydrogen-bond donors (Lipinski definition) is 0. The molecule has 1 aliphatic heterocycles. The zero-order valence-electron chi connectivity index (χ0n) is 18.4. The predicted molar refractivity (Wildman–Crippen MR) is 123 cm³/mol. The second-order valence-corrected chi connectivity index (χ2v) is 9.37. The third-order valence-electron chi connectivity index (χ3n) is 6.12. The van der Waals surface area contributed by atoms with Crippen molar-refractivity contribution < 1.29 is 13.6 Å². The zero-order chi connectivity index (χ0) is 23.1. The monoisotopic (exact) mass is 466 g/mol. The summed E-state index contributed by atoms with van der Waals surface area (Å²) in [6, 6.07) is 6.01. The summed E-state index contributed by atoms with van der Waals surface area (Å²) >= 11 is 1.26. The number of thiophene rings is 1. The van der Waals surface area contributed by atoms with Crippen LogP contribution in [-0.2, 0) is 13.5 Å². The van der Waals surface area contributed by atoms with E-state index in [0.717, 1.165) is 24.8 Å². The molecule has 3 aromatic heterocycles. The summed E-state index contributed by atoms with van der Waals surface area (Å²) in [6.07, 6.45) is 6.28. The summed E-state index contributed by atoms with van der Waals surface area (Å²) in [7, 11) is 1.65. The lowest BCUT2D eigenvalue weighted by molar-refractivity contribution is 0.0574. The number of nitrogens with zero attached hydrogens (tertiary/aromatic N) is 4. The second kappa shape index (κ2) is 8.55. The molecule has 0 spiro atoms. The van der Waals surface area contributed by atoms with Gasteiger partial charge in [0, 0.05) is 20.0 Å². The van der Waals surface area contributed by atoms with Crippen LogP contribution in [0.3, 0.4) is 0 Å². The lowest BCUT2D eigenvalue weighted by Crippen LogP contribution is -2.38. The maximum atomic E-state index is 13.6. The van der Waals surface area contributed by atoms with Gasteiger partial charge >= 0.3 is 0 Å². The van der Waals surface area contributed by atoms with Crippen LogP contribution in [-0.4, -0.2) is 31.9 Å². The first-order valence-corrected chi connectivity index (χ1v) is 11.7. The number of aromatic nitrogens is 3. The molecule has 9 heteroatoms. The fourth-order valence-electron chi connectivity index (χ4n) is 4.34. The van der Waals surface area contributed by atoms with Gasteiger partial charge in [0.2, 0.25) is 5.89 Å². The number of fused-ring (bicyclic) bond motifs is 1. The first-order valence-electron chi connectivity index (χ1n) is 10.9. The summed E-state index contributed by atoms with van der Waals surface area (Å²) in [6.45, 7) is 2.40. The Morgan fingerprint density at radius 3 is 2.82 bits per heavy atom. The summed E-state index contributed by atoms with van der Waals surface area (Å²) in [5, 5.41) is 0.500. The normalized spacial score (nSPS) is 16.5. The molecule has 1 unspecified atom stereocenters. The van der Waals surface area contributed by atoms with Gasteiger partial charge in [-0.05, 0) is 49.4 Å². The van der Waals surface area contributed by atoms with Gasteiger partial charge in [-0.1, -0.05) is 12.1 Å². The van der Waals surface area contributed by atoms with Crippen molar-refractivity contribution in [2.45, 2.75) is 38.6 Å². The van der Waals surface area contributed by atoms with Crippen molar-refractivity contribution in [2.24, 2.45) is 7.05 Å². The minimum absolute atomic E-state index is 0.125. The molecule has 7 nitrogen and oxygen atoms in total. The van der Waals surface area contributed by atoms with Crippen LogP contribution in [0.5, 0.6) is 0 Å². The molecule has 1 amide bonds. The Bertz CT molecular complexity index is 1390. The van der Waals surface area contributed by atoms with Crippen LogP contribution in [0, 0.1) is 12.7 Å². The highest BCUT2D eigenvalue weighted by molar-refractivity contribution is 7.20. The molecular formula is C24H23FN4O3S. The molecule has 4 aromatic rings. The molecule has 170 valence electrons. The molecule has 0 aliphatic carbocycles. The third-order valence-corrected chi connectivity index (χ3v) is 7.30. The van der Waals surface area contributed by atoms with E-state index in [1.807, 2.05) is 0 Å². The van der Waals surface area contributed by atoms with Crippen molar-refractivity contribution in [1.82, 2.24) is 19.4 Å². The Morgan fingerprint density at radius 1 is 1.24 bits per heavy atom. The molecular weight excluding hydrogens is 443 g/mol. The predicted octanol–water partition coefficient (Wildman–Crippen LogP) is 4.39. The summed E-state index contributed by atoms with van der Waals surface area (Å²) in [5.41, 5.74) is 1.44. The maximum absolute atomic E-state index is 13.6. The average Bonchev–Trinajstić information content (AvgIpc) is 3.42. The number of amides is 1. The lowest BCUT2D eigenvalue weighted by Gasteiger charge is -2.33. The van der Waals surface area contributed by atoms with Crippen LogP contribution in [0.1, 0.15) is 57.8 Å². The van der Waals surface area contributed by atoms with Gasteiger partial charge in [-0.2, -0.15) is 0 Å².